The second-order valence-corrected chi connectivity index (χ2v) is 5.17. The van der Waals surface area contributed by atoms with Gasteiger partial charge in [0.15, 0.2) is 0 Å². The lowest BCUT2D eigenvalue weighted by atomic mass is 10.1. The number of amides is 1. The molecule has 1 aromatic carbocycles. The summed E-state index contributed by atoms with van der Waals surface area (Å²) in [6.45, 7) is 0.139. The van der Waals surface area contributed by atoms with Gasteiger partial charge in [-0.1, -0.05) is 6.07 Å². The van der Waals surface area contributed by atoms with Crippen LogP contribution in [0.3, 0.4) is 0 Å². The zero-order valence-electron chi connectivity index (χ0n) is 11.0. The van der Waals surface area contributed by atoms with E-state index in [4.69, 9.17) is 0 Å². The van der Waals surface area contributed by atoms with Gasteiger partial charge in [-0.25, -0.2) is 0 Å². The van der Waals surface area contributed by atoms with Gasteiger partial charge in [-0.15, -0.1) is 0 Å². The first kappa shape index (κ1) is 14.8. The molecule has 1 aliphatic rings. The molecule has 6 heteroatoms. The van der Waals surface area contributed by atoms with E-state index < -0.39 is 23.8 Å². The van der Waals surface area contributed by atoms with Gasteiger partial charge in [-0.2, -0.15) is 13.2 Å². The lowest BCUT2D eigenvalue weighted by Gasteiger charge is -2.21. The number of carbonyl (C=O) groups is 1. The molecule has 1 amide bonds. The molecule has 0 spiro atoms. The zero-order chi connectivity index (χ0) is 14.9. The first-order valence-corrected chi connectivity index (χ1v) is 6.40. The molecule has 0 bridgehead atoms. The SMILES string of the molecule is CN(CC(O)C1CC1)C(=O)c1cccc(C(F)(F)F)c1. The summed E-state index contributed by atoms with van der Waals surface area (Å²) in [7, 11) is 1.48. The van der Waals surface area contributed by atoms with E-state index >= 15 is 0 Å². The number of aliphatic hydroxyl groups is 1. The Morgan fingerprint density at radius 1 is 1.45 bits per heavy atom. The van der Waals surface area contributed by atoms with Gasteiger partial charge in [0, 0.05) is 19.2 Å². The molecule has 1 N–H and O–H groups in total. The van der Waals surface area contributed by atoms with Crippen LogP contribution in [-0.4, -0.2) is 35.6 Å². The third kappa shape index (κ3) is 3.50. The van der Waals surface area contributed by atoms with Crippen LogP contribution in [0.2, 0.25) is 0 Å². The first-order chi connectivity index (χ1) is 9.29. The van der Waals surface area contributed by atoms with Crippen LogP contribution in [-0.2, 0) is 6.18 Å². The van der Waals surface area contributed by atoms with Gasteiger partial charge in [0.2, 0.25) is 0 Å². The Hall–Kier alpha value is -1.56. The molecule has 1 saturated carbocycles. The number of alkyl halides is 3. The second-order valence-electron chi connectivity index (χ2n) is 5.17. The molecule has 3 nitrogen and oxygen atoms in total. The van der Waals surface area contributed by atoms with Crippen molar-refractivity contribution in [3.8, 4) is 0 Å². The number of rotatable bonds is 4. The van der Waals surface area contributed by atoms with Crippen molar-refractivity contribution in [1.29, 1.82) is 0 Å². The number of nitrogens with zero attached hydrogens (tertiary/aromatic N) is 1. The normalized spacial score (nSPS) is 16.9. The van der Waals surface area contributed by atoms with E-state index in [2.05, 4.69) is 0 Å². The monoisotopic (exact) mass is 287 g/mol. The first-order valence-electron chi connectivity index (χ1n) is 6.40. The zero-order valence-corrected chi connectivity index (χ0v) is 11.0. The highest BCUT2D eigenvalue weighted by atomic mass is 19.4. The van der Waals surface area contributed by atoms with Crippen LogP contribution < -0.4 is 0 Å². The third-order valence-electron chi connectivity index (χ3n) is 3.41. The highest BCUT2D eigenvalue weighted by Crippen LogP contribution is 2.33. The lowest BCUT2D eigenvalue weighted by molar-refractivity contribution is -0.137. The van der Waals surface area contributed by atoms with Crippen molar-refractivity contribution in [1.82, 2.24) is 4.90 Å². The number of aliphatic hydroxyl groups excluding tert-OH is 1. The molecular formula is C14H16F3NO2. The Labute approximate surface area is 115 Å². The van der Waals surface area contributed by atoms with E-state index in [0.717, 1.165) is 25.0 Å². The van der Waals surface area contributed by atoms with Gasteiger partial charge in [0.05, 0.1) is 11.7 Å². The third-order valence-corrected chi connectivity index (χ3v) is 3.41. The molecule has 1 aromatic rings. The van der Waals surface area contributed by atoms with Crippen molar-refractivity contribution in [2.45, 2.75) is 25.1 Å². The fraction of sp³-hybridized carbons (Fsp3) is 0.500. The molecule has 1 fully saturated rings. The molecule has 0 heterocycles. The molecule has 0 saturated heterocycles. The molecule has 1 atom stereocenters. The summed E-state index contributed by atoms with van der Waals surface area (Å²) in [5.41, 5.74) is -0.871. The quantitative estimate of drug-likeness (QED) is 0.924. The molecule has 20 heavy (non-hydrogen) atoms. The van der Waals surface area contributed by atoms with E-state index in [9.17, 15) is 23.1 Å². The summed E-state index contributed by atoms with van der Waals surface area (Å²) in [5, 5.41) is 9.77. The van der Waals surface area contributed by atoms with Crippen molar-refractivity contribution in [3.63, 3.8) is 0 Å². The van der Waals surface area contributed by atoms with Crippen LogP contribution in [0, 0.1) is 5.92 Å². The van der Waals surface area contributed by atoms with Gasteiger partial charge in [-0.3, -0.25) is 4.79 Å². The molecule has 110 valence electrons. The Kier molecular flexibility index (Phi) is 4.04. The average molecular weight is 287 g/mol. The van der Waals surface area contributed by atoms with Crippen molar-refractivity contribution in [2.75, 3.05) is 13.6 Å². The predicted molar refractivity (Wildman–Crippen MR) is 67.1 cm³/mol. The molecule has 0 radical (unpaired) electrons. The van der Waals surface area contributed by atoms with Crippen molar-refractivity contribution >= 4 is 5.91 Å². The van der Waals surface area contributed by atoms with Gasteiger partial charge in [0.25, 0.3) is 5.91 Å². The highest BCUT2D eigenvalue weighted by molar-refractivity contribution is 5.94. The molecule has 0 aromatic heterocycles. The number of likely N-dealkylation sites (N-methyl/N-ethyl adjacent to an activating group) is 1. The average Bonchev–Trinajstić information content (AvgIpc) is 3.21. The molecular weight excluding hydrogens is 271 g/mol. The van der Waals surface area contributed by atoms with Gasteiger partial charge in [-0.05, 0) is 37.0 Å². The van der Waals surface area contributed by atoms with E-state index in [1.807, 2.05) is 0 Å². The Balaban J connectivity index is 2.07. The highest BCUT2D eigenvalue weighted by Gasteiger charge is 2.33. The predicted octanol–water partition coefficient (Wildman–Crippen LogP) is 2.55. The fourth-order valence-electron chi connectivity index (χ4n) is 2.04. The minimum atomic E-state index is -4.47. The number of halogens is 3. The number of benzene rings is 1. The summed E-state index contributed by atoms with van der Waals surface area (Å²) in [4.78, 5) is 13.3. The summed E-state index contributed by atoms with van der Waals surface area (Å²) in [6.07, 6.45) is -3.20. The van der Waals surface area contributed by atoms with Gasteiger partial charge in [0.1, 0.15) is 0 Å². The van der Waals surface area contributed by atoms with Crippen LogP contribution >= 0.6 is 0 Å². The van der Waals surface area contributed by atoms with Crippen LogP contribution in [0.4, 0.5) is 13.2 Å². The number of carbonyl (C=O) groups excluding carboxylic acids is 1. The summed E-state index contributed by atoms with van der Waals surface area (Å²) in [6, 6.07) is 4.32. The van der Waals surface area contributed by atoms with E-state index in [0.29, 0.717) is 0 Å². The van der Waals surface area contributed by atoms with Crippen LogP contribution in [0.1, 0.15) is 28.8 Å². The van der Waals surface area contributed by atoms with Crippen LogP contribution in [0.5, 0.6) is 0 Å². The number of hydrogen-bond acceptors (Lipinski definition) is 2. The van der Waals surface area contributed by atoms with E-state index in [-0.39, 0.29) is 18.0 Å². The standard InChI is InChI=1S/C14H16F3NO2/c1-18(8-12(19)9-5-6-9)13(20)10-3-2-4-11(7-10)14(15,16)17/h2-4,7,9,12,19H,5-6,8H2,1H3. The molecule has 1 aliphatic carbocycles. The smallest absolute Gasteiger partial charge is 0.391 e. The maximum atomic E-state index is 12.6. The summed E-state index contributed by atoms with van der Waals surface area (Å²) < 4.78 is 37.8. The Bertz CT molecular complexity index is 497. The topological polar surface area (TPSA) is 40.5 Å². The van der Waals surface area contributed by atoms with E-state index in [1.165, 1.54) is 24.1 Å². The molecule has 2 rings (SSSR count). The van der Waals surface area contributed by atoms with E-state index in [1.54, 1.807) is 0 Å². The van der Waals surface area contributed by atoms with Crippen molar-refractivity contribution in [2.24, 2.45) is 5.92 Å². The Morgan fingerprint density at radius 2 is 2.10 bits per heavy atom. The van der Waals surface area contributed by atoms with Crippen molar-refractivity contribution < 1.29 is 23.1 Å². The Morgan fingerprint density at radius 3 is 2.65 bits per heavy atom. The largest absolute Gasteiger partial charge is 0.416 e. The fourth-order valence-corrected chi connectivity index (χ4v) is 2.04. The van der Waals surface area contributed by atoms with Gasteiger partial charge < -0.3 is 10.0 Å². The lowest BCUT2D eigenvalue weighted by Crippen LogP contribution is -2.35. The molecule has 1 unspecified atom stereocenters. The minimum Gasteiger partial charge on any atom is -0.391 e. The number of hydrogen-bond donors (Lipinski definition) is 1. The summed E-state index contributed by atoms with van der Waals surface area (Å²) in [5.74, 6) is -0.303. The van der Waals surface area contributed by atoms with Crippen LogP contribution in [0.25, 0.3) is 0 Å². The van der Waals surface area contributed by atoms with Gasteiger partial charge >= 0.3 is 6.18 Å². The second kappa shape index (κ2) is 5.44. The molecule has 0 aliphatic heterocycles. The summed E-state index contributed by atoms with van der Waals surface area (Å²) >= 11 is 0. The van der Waals surface area contributed by atoms with Crippen molar-refractivity contribution in [3.05, 3.63) is 35.4 Å². The minimum absolute atomic E-state index is 0.0229. The maximum absolute atomic E-state index is 12.6. The maximum Gasteiger partial charge on any atom is 0.416 e. The van der Waals surface area contributed by atoms with Crippen LogP contribution in [0.15, 0.2) is 24.3 Å².